The van der Waals surface area contributed by atoms with Crippen LogP contribution >= 0.6 is 0 Å². The fraction of sp³-hybridized carbons (Fsp3) is 0.385. The second-order valence-electron chi connectivity index (χ2n) is 4.35. The summed E-state index contributed by atoms with van der Waals surface area (Å²) < 4.78 is 20.9. The van der Waals surface area contributed by atoms with E-state index in [9.17, 15) is 4.39 Å². The topological polar surface area (TPSA) is 16.9 Å². The van der Waals surface area contributed by atoms with Crippen molar-refractivity contribution in [1.82, 2.24) is 9.30 Å². The van der Waals surface area contributed by atoms with E-state index in [2.05, 4.69) is 4.90 Å². The molecule has 92 valence electrons. The molecule has 0 saturated carbocycles. The van der Waals surface area contributed by atoms with Crippen LogP contribution in [0.5, 0.6) is 5.75 Å². The van der Waals surface area contributed by atoms with E-state index >= 15 is 0 Å². The van der Waals surface area contributed by atoms with Crippen molar-refractivity contribution >= 4 is 5.52 Å². The second-order valence-corrected chi connectivity index (χ2v) is 4.35. The molecule has 0 atom stereocenters. The number of fused-ring (bicyclic) bond motifs is 1. The number of methoxy groups -OCH3 is 1. The van der Waals surface area contributed by atoms with E-state index in [-0.39, 0.29) is 5.82 Å². The highest BCUT2D eigenvalue weighted by Crippen LogP contribution is 2.24. The zero-order chi connectivity index (χ0) is 12.4. The summed E-state index contributed by atoms with van der Waals surface area (Å²) in [6.07, 6.45) is 4.52. The Bertz CT molecular complexity index is 519. The summed E-state index contributed by atoms with van der Waals surface area (Å²) in [6, 6.07) is 3.60. The molecule has 0 bridgehead atoms. The molecule has 0 aromatic carbocycles. The minimum Gasteiger partial charge on any atom is -0.494 e. The lowest BCUT2D eigenvalue weighted by molar-refractivity contribution is 0.387. The summed E-state index contributed by atoms with van der Waals surface area (Å²) in [5.41, 5.74) is 1.63. The van der Waals surface area contributed by atoms with E-state index in [1.54, 1.807) is 10.5 Å². The number of likely N-dealkylation sites (N-methyl/N-ethyl adjacent to an activating group) is 1. The predicted octanol–water partition coefficient (Wildman–Crippen LogP) is 2.19. The van der Waals surface area contributed by atoms with Crippen molar-refractivity contribution in [1.29, 1.82) is 0 Å². The van der Waals surface area contributed by atoms with Crippen LogP contribution in [0.2, 0.25) is 0 Å². The first-order valence-electron chi connectivity index (χ1n) is 5.60. The summed E-state index contributed by atoms with van der Waals surface area (Å²) in [5, 5.41) is 0. The van der Waals surface area contributed by atoms with Crippen LogP contribution in [0.3, 0.4) is 0 Å². The SMILES string of the molecule is COc1ccn2ccc(CCN(C)C)c2c1F. The van der Waals surface area contributed by atoms with Crippen LogP contribution in [-0.2, 0) is 6.42 Å². The van der Waals surface area contributed by atoms with Gasteiger partial charge in [-0.15, -0.1) is 0 Å². The Kier molecular flexibility index (Phi) is 3.33. The average Bonchev–Trinajstić information content (AvgIpc) is 2.71. The number of hydrogen-bond acceptors (Lipinski definition) is 2. The Morgan fingerprint density at radius 3 is 2.65 bits per heavy atom. The maximum Gasteiger partial charge on any atom is 0.189 e. The largest absolute Gasteiger partial charge is 0.494 e. The molecular formula is C13H17FN2O. The molecule has 4 heteroatoms. The molecule has 0 aliphatic rings. The molecule has 2 aromatic rings. The molecule has 0 amide bonds. The Morgan fingerprint density at radius 1 is 1.29 bits per heavy atom. The lowest BCUT2D eigenvalue weighted by Crippen LogP contribution is -2.15. The van der Waals surface area contributed by atoms with Gasteiger partial charge in [-0.2, -0.15) is 0 Å². The number of pyridine rings is 1. The van der Waals surface area contributed by atoms with Gasteiger partial charge in [-0.1, -0.05) is 0 Å². The van der Waals surface area contributed by atoms with Crippen LogP contribution in [0.15, 0.2) is 24.5 Å². The Hall–Kier alpha value is -1.55. The maximum atomic E-state index is 14.1. The van der Waals surface area contributed by atoms with Gasteiger partial charge in [-0.05, 0) is 38.2 Å². The Balaban J connectivity index is 2.43. The van der Waals surface area contributed by atoms with Crippen molar-refractivity contribution in [3.63, 3.8) is 0 Å². The molecule has 2 heterocycles. The van der Waals surface area contributed by atoms with Crippen molar-refractivity contribution in [2.45, 2.75) is 6.42 Å². The van der Waals surface area contributed by atoms with Crippen LogP contribution in [0.1, 0.15) is 5.56 Å². The molecule has 0 spiro atoms. The third kappa shape index (κ3) is 2.26. The summed E-state index contributed by atoms with van der Waals surface area (Å²) in [7, 11) is 5.50. The van der Waals surface area contributed by atoms with Crippen LogP contribution in [0, 0.1) is 5.82 Å². The van der Waals surface area contributed by atoms with Crippen molar-refractivity contribution in [2.24, 2.45) is 0 Å². The molecule has 0 unspecified atom stereocenters. The molecule has 0 aliphatic carbocycles. The van der Waals surface area contributed by atoms with Gasteiger partial charge in [-0.3, -0.25) is 0 Å². The van der Waals surface area contributed by atoms with E-state index in [0.29, 0.717) is 11.3 Å². The second kappa shape index (κ2) is 4.75. The minimum atomic E-state index is -0.284. The van der Waals surface area contributed by atoms with Gasteiger partial charge in [0.15, 0.2) is 11.6 Å². The Labute approximate surface area is 100 Å². The van der Waals surface area contributed by atoms with Crippen LogP contribution in [0.25, 0.3) is 5.52 Å². The molecule has 0 aliphatic heterocycles. The van der Waals surface area contributed by atoms with Crippen LogP contribution in [-0.4, -0.2) is 37.1 Å². The van der Waals surface area contributed by atoms with Crippen molar-refractivity contribution in [2.75, 3.05) is 27.7 Å². The van der Waals surface area contributed by atoms with Crippen molar-refractivity contribution in [3.8, 4) is 5.75 Å². The number of halogens is 1. The van der Waals surface area contributed by atoms with Gasteiger partial charge < -0.3 is 14.0 Å². The monoisotopic (exact) mass is 236 g/mol. The zero-order valence-electron chi connectivity index (χ0n) is 10.4. The molecule has 2 aromatic heterocycles. The Morgan fingerprint density at radius 2 is 2.00 bits per heavy atom. The highest BCUT2D eigenvalue weighted by Gasteiger charge is 2.12. The lowest BCUT2D eigenvalue weighted by atomic mass is 10.2. The van der Waals surface area contributed by atoms with Gasteiger partial charge in [0.25, 0.3) is 0 Å². The fourth-order valence-electron chi connectivity index (χ4n) is 1.91. The first-order valence-corrected chi connectivity index (χ1v) is 5.60. The maximum absolute atomic E-state index is 14.1. The van der Waals surface area contributed by atoms with E-state index in [0.717, 1.165) is 18.5 Å². The van der Waals surface area contributed by atoms with Gasteiger partial charge in [0.2, 0.25) is 0 Å². The zero-order valence-corrected chi connectivity index (χ0v) is 10.4. The van der Waals surface area contributed by atoms with E-state index < -0.39 is 0 Å². The smallest absolute Gasteiger partial charge is 0.189 e. The molecule has 0 radical (unpaired) electrons. The minimum absolute atomic E-state index is 0.284. The van der Waals surface area contributed by atoms with Crippen molar-refractivity contribution in [3.05, 3.63) is 35.9 Å². The van der Waals surface area contributed by atoms with Crippen molar-refractivity contribution < 1.29 is 9.13 Å². The first-order chi connectivity index (χ1) is 8.13. The van der Waals surface area contributed by atoms with Crippen LogP contribution in [0.4, 0.5) is 4.39 Å². The highest BCUT2D eigenvalue weighted by atomic mass is 19.1. The fourth-order valence-corrected chi connectivity index (χ4v) is 1.91. The average molecular weight is 236 g/mol. The third-order valence-electron chi connectivity index (χ3n) is 2.86. The summed E-state index contributed by atoms with van der Waals surface area (Å²) in [5.74, 6) is 0.0102. The standard InChI is InChI=1S/C13H17FN2O/c1-15(2)7-4-10-5-8-16-9-6-11(17-3)12(14)13(10)16/h5-6,8-9H,4,7H2,1-3H3. The number of rotatable bonds is 4. The van der Waals surface area contributed by atoms with E-state index in [1.807, 2.05) is 32.6 Å². The quantitative estimate of drug-likeness (QED) is 0.809. The number of nitrogens with zero attached hydrogens (tertiary/aromatic N) is 2. The van der Waals surface area contributed by atoms with Crippen LogP contribution < -0.4 is 4.74 Å². The van der Waals surface area contributed by atoms with Gasteiger partial charge in [0.1, 0.15) is 0 Å². The van der Waals surface area contributed by atoms with E-state index in [4.69, 9.17) is 4.74 Å². The molecule has 17 heavy (non-hydrogen) atoms. The van der Waals surface area contributed by atoms with E-state index in [1.165, 1.54) is 7.11 Å². The molecule has 3 nitrogen and oxygen atoms in total. The van der Waals surface area contributed by atoms with Gasteiger partial charge in [0.05, 0.1) is 12.6 Å². The molecule has 0 saturated heterocycles. The summed E-state index contributed by atoms with van der Waals surface area (Å²) in [6.45, 7) is 0.899. The number of hydrogen-bond donors (Lipinski definition) is 0. The molecular weight excluding hydrogens is 219 g/mol. The summed E-state index contributed by atoms with van der Waals surface area (Å²) >= 11 is 0. The predicted molar refractivity (Wildman–Crippen MR) is 66.2 cm³/mol. The third-order valence-corrected chi connectivity index (χ3v) is 2.86. The first kappa shape index (κ1) is 11.9. The van der Waals surface area contributed by atoms with Gasteiger partial charge in [-0.25, -0.2) is 4.39 Å². The lowest BCUT2D eigenvalue weighted by Gasteiger charge is -2.09. The molecule has 0 fully saturated rings. The number of ether oxygens (including phenoxy) is 1. The van der Waals surface area contributed by atoms with Gasteiger partial charge >= 0.3 is 0 Å². The molecule has 0 N–H and O–H groups in total. The summed E-state index contributed by atoms with van der Waals surface area (Å²) in [4.78, 5) is 2.08. The normalized spacial score (nSPS) is 11.4. The number of aromatic nitrogens is 1. The van der Waals surface area contributed by atoms with Gasteiger partial charge in [0, 0.05) is 18.9 Å². The highest BCUT2D eigenvalue weighted by molar-refractivity contribution is 5.60. The molecule has 2 rings (SSSR count).